The predicted octanol–water partition coefficient (Wildman–Crippen LogP) is 2.63. The van der Waals surface area contributed by atoms with Gasteiger partial charge in [0.05, 0.1) is 0 Å². The number of hydrogen-bond acceptors (Lipinski definition) is 3. The minimum Gasteiger partial charge on any atom is -0.329 e. The molecule has 0 spiro atoms. The highest BCUT2D eigenvalue weighted by Crippen LogP contribution is 2.25. The van der Waals surface area contributed by atoms with Crippen molar-refractivity contribution in [3.05, 3.63) is 34.9 Å². The molecule has 4 heteroatoms. The first-order chi connectivity index (χ1) is 9.94. The Kier molecular flexibility index (Phi) is 5.67. The lowest BCUT2D eigenvalue weighted by atomic mass is 9.89. The van der Waals surface area contributed by atoms with E-state index in [1.165, 1.54) is 18.5 Å². The van der Waals surface area contributed by atoms with Gasteiger partial charge < -0.3 is 10.6 Å². The summed E-state index contributed by atoms with van der Waals surface area (Å²) < 4.78 is 0. The summed E-state index contributed by atoms with van der Waals surface area (Å²) in [5.74, 6) is 0. The molecule has 1 aliphatic rings. The summed E-state index contributed by atoms with van der Waals surface area (Å²) in [6, 6.07) is 8.69. The fraction of sp³-hybridized carbons (Fsp3) is 0.647. The monoisotopic (exact) mass is 309 g/mol. The van der Waals surface area contributed by atoms with Crippen LogP contribution in [0.4, 0.5) is 0 Å². The van der Waals surface area contributed by atoms with Gasteiger partial charge in [0.15, 0.2) is 0 Å². The summed E-state index contributed by atoms with van der Waals surface area (Å²) in [4.78, 5) is 5.02. The van der Waals surface area contributed by atoms with Crippen LogP contribution in [0.1, 0.15) is 25.8 Å². The third kappa shape index (κ3) is 4.19. The highest BCUT2D eigenvalue weighted by Gasteiger charge is 2.35. The van der Waals surface area contributed by atoms with Gasteiger partial charge in [0.1, 0.15) is 0 Å². The molecule has 2 rings (SSSR count). The van der Waals surface area contributed by atoms with Gasteiger partial charge >= 0.3 is 0 Å². The van der Waals surface area contributed by atoms with Crippen LogP contribution >= 0.6 is 11.6 Å². The molecule has 1 heterocycles. The Morgan fingerprint density at radius 2 is 1.95 bits per heavy atom. The first-order valence-electron chi connectivity index (χ1n) is 7.84. The lowest BCUT2D eigenvalue weighted by Gasteiger charge is -2.44. The van der Waals surface area contributed by atoms with Crippen LogP contribution in [0.25, 0.3) is 0 Å². The van der Waals surface area contributed by atoms with E-state index in [9.17, 15) is 0 Å². The molecule has 1 fully saturated rings. The maximum absolute atomic E-state index is 6.18. The molecule has 1 aliphatic heterocycles. The SMILES string of the molecule is CC1CN(C)CCCN1C(C)(CN)Cc1ccc(Cl)cc1. The Balaban J connectivity index is 2.16. The van der Waals surface area contributed by atoms with Gasteiger partial charge in [0.2, 0.25) is 0 Å². The number of benzene rings is 1. The molecular formula is C17H28ClN3. The molecular weight excluding hydrogens is 282 g/mol. The van der Waals surface area contributed by atoms with E-state index in [-0.39, 0.29) is 5.54 Å². The van der Waals surface area contributed by atoms with Crippen molar-refractivity contribution in [1.82, 2.24) is 9.80 Å². The average molecular weight is 310 g/mol. The van der Waals surface area contributed by atoms with Crippen LogP contribution in [-0.2, 0) is 6.42 Å². The van der Waals surface area contributed by atoms with E-state index in [0.29, 0.717) is 12.6 Å². The molecule has 0 aliphatic carbocycles. The molecule has 1 saturated heterocycles. The zero-order chi connectivity index (χ0) is 15.5. The summed E-state index contributed by atoms with van der Waals surface area (Å²) in [5.41, 5.74) is 7.48. The number of nitrogens with zero attached hydrogens (tertiary/aromatic N) is 2. The second-order valence-corrected chi connectivity index (χ2v) is 7.10. The zero-order valence-corrected chi connectivity index (χ0v) is 14.2. The van der Waals surface area contributed by atoms with E-state index in [1.807, 2.05) is 12.1 Å². The number of hydrogen-bond donors (Lipinski definition) is 1. The van der Waals surface area contributed by atoms with Crippen LogP contribution in [0.2, 0.25) is 5.02 Å². The van der Waals surface area contributed by atoms with Crippen LogP contribution in [-0.4, -0.2) is 54.6 Å². The zero-order valence-electron chi connectivity index (χ0n) is 13.5. The van der Waals surface area contributed by atoms with E-state index >= 15 is 0 Å². The standard InChI is InChI=1S/C17H28ClN3/c1-14-12-20(3)9-4-10-21(14)17(2,13-19)11-15-5-7-16(18)8-6-15/h5-8,14H,4,9-13,19H2,1-3H3. The first kappa shape index (κ1) is 16.8. The molecule has 1 aromatic carbocycles. The van der Waals surface area contributed by atoms with Gasteiger partial charge in [-0.05, 0) is 58.0 Å². The summed E-state index contributed by atoms with van der Waals surface area (Å²) in [6.45, 7) is 8.68. The summed E-state index contributed by atoms with van der Waals surface area (Å²) in [6.07, 6.45) is 2.17. The van der Waals surface area contributed by atoms with Crippen LogP contribution in [0.3, 0.4) is 0 Å². The smallest absolute Gasteiger partial charge is 0.0406 e. The largest absolute Gasteiger partial charge is 0.329 e. The van der Waals surface area contributed by atoms with E-state index < -0.39 is 0 Å². The van der Waals surface area contributed by atoms with Crippen LogP contribution in [0, 0.1) is 0 Å². The number of nitrogens with two attached hydrogens (primary N) is 1. The summed E-state index contributed by atoms with van der Waals surface area (Å²) >= 11 is 5.99. The van der Waals surface area contributed by atoms with E-state index in [1.54, 1.807) is 0 Å². The second kappa shape index (κ2) is 7.10. The fourth-order valence-electron chi connectivity index (χ4n) is 3.51. The van der Waals surface area contributed by atoms with Crippen LogP contribution < -0.4 is 5.73 Å². The normalized spacial score (nSPS) is 24.5. The van der Waals surface area contributed by atoms with Gasteiger partial charge in [-0.3, -0.25) is 4.90 Å². The van der Waals surface area contributed by atoms with Gasteiger partial charge in [0, 0.05) is 36.2 Å². The molecule has 3 nitrogen and oxygen atoms in total. The maximum Gasteiger partial charge on any atom is 0.0406 e. The van der Waals surface area contributed by atoms with E-state index in [0.717, 1.165) is 24.5 Å². The van der Waals surface area contributed by atoms with Crippen LogP contribution in [0.5, 0.6) is 0 Å². The van der Waals surface area contributed by atoms with Gasteiger partial charge in [0.25, 0.3) is 0 Å². The highest BCUT2D eigenvalue weighted by molar-refractivity contribution is 6.30. The minimum atomic E-state index is -0.00156. The van der Waals surface area contributed by atoms with Gasteiger partial charge in [-0.25, -0.2) is 0 Å². The van der Waals surface area contributed by atoms with Crippen molar-refractivity contribution in [2.45, 2.75) is 38.3 Å². The third-order valence-electron chi connectivity index (χ3n) is 4.68. The van der Waals surface area contributed by atoms with Crippen molar-refractivity contribution in [3.63, 3.8) is 0 Å². The van der Waals surface area contributed by atoms with Crippen molar-refractivity contribution in [3.8, 4) is 0 Å². The topological polar surface area (TPSA) is 32.5 Å². The molecule has 1 aromatic rings. The molecule has 0 aromatic heterocycles. The third-order valence-corrected chi connectivity index (χ3v) is 4.93. The van der Waals surface area contributed by atoms with Gasteiger partial charge in [-0.2, -0.15) is 0 Å². The molecule has 0 radical (unpaired) electrons. The molecule has 0 saturated carbocycles. The Labute approximate surface area is 134 Å². The van der Waals surface area contributed by atoms with Crippen molar-refractivity contribution in [2.24, 2.45) is 5.73 Å². The molecule has 2 atom stereocenters. The molecule has 0 amide bonds. The molecule has 2 unspecified atom stereocenters. The van der Waals surface area contributed by atoms with Crippen molar-refractivity contribution < 1.29 is 0 Å². The Hall–Kier alpha value is -0.610. The number of halogens is 1. The summed E-state index contributed by atoms with van der Waals surface area (Å²) in [7, 11) is 2.21. The quantitative estimate of drug-likeness (QED) is 0.928. The van der Waals surface area contributed by atoms with Gasteiger partial charge in [-0.15, -0.1) is 0 Å². The molecule has 118 valence electrons. The van der Waals surface area contributed by atoms with Crippen LogP contribution in [0.15, 0.2) is 24.3 Å². The lowest BCUT2D eigenvalue weighted by molar-refractivity contribution is 0.0704. The Morgan fingerprint density at radius 1 is 1.29 bits per heavy atom. The first-order valence-corrected chi connectivity index (χ1v) is 8.22. The highest BCUT2D eigenvalue weighted by atomic mass is 35.5. The predicted molar refractivity (Wildman–Crippen MR) is 90.9 cm³/mol. The van der Waals surface area contributed by atoms with Gasteiger partial charge in [-0.1, -0.05) is 23.7 Å². The second-order valence-electron chi connectivity index (χ2n) is 6.66. The minimum absolute atomic E-state index is 0.00156. The fourth-order valence-corrected chi connectivity index (χ4v) is 3.63. The average Bonchev–Trinajstić information content (AvgIpc) is 2.62. The van der Waals surface area contributed by atoms with Crippen molar-refractivity contribution in [1.29, 1.82) is 0 Å². The van der Waals surface area contributed by atoms with Crippen molar-refractivity contribution in [2.75, 3.05) is 33.2 Å². The molecule has 2 N–H and O–H groups in total. The number of likely N-dealkylation sites (N-methyl/N-ethyl adjacent to an activating group) is 1. The van der Waals surface area contributed by atoms with E-state index in [2.05, 4.69) is 42.8 Å². The molecule has 21 heavy (non-hydrogen) atoms. The summed E-state index contributed by atoms with van der Waals surface area (Å²) in [5, 5.41) is 0.790. The van der Waals surface area contributed by atoms with E-state index in [4.69, 9.17) is 17.3 Å². The Morgan fingerprint density at radius 3 is 2.57 bits per heavy atom. The molecule has 0 bridgehead atoms. The number of rotatable bonds is 4. The lowest BCUT2D eigenvalue weighted by Crippen LogP contribution is -2.57. The maximum atomic E-state index is 6.18. The Bertz CT molecular complexity index is 448. The van der Waals surface area contributed by atoms with Crippen molar-refractivity contribution >= 4 is 11.6 Å².